The number of nitrogens with one attached hydrogen (secondary N) is 2. The zero-order valence-corrected chi connectivity index (χ0v) is 14.7. The van der Waals surface area contributed by atoms with Gasteiger partial charge in [0.05, 0.1) is 0 Å². The van der Waals surface area contributed by atoms with Crippen LogP contribution < -0.4 is 15.9 Å². The fourth-order valence-corrected chi connectivity index (χ4v) is 3.95. The van der Waals surface area contributed by atoms with E-state index >= 15 is 0 Å². The number of anilines is 2. The summed E-state index contributed by atoms with van der Waals surface area (Å²) in [5, 5.41) is 9.91. The van der Waals surface area contributed by atoms with E-state index in [4.69, 9.17) is 0 Å². The van der Waals surface area contributed by atoms with Crippen LogP contribution in [0.1, 0.15) is 5.56 Å². The highest BCUT2D eigenvalue weighted by molar-refractivity contribution is 6.81. The van der Waals surface area contributed by atoms with Crippen LogP contribution in [-0.2, 0) is 0 Å². The molecule has 0 aromatic heterocycles. The van der Waals surface area contributed by atoms with Gasteiger partial charge in [0.1, 0.15) is 0 Å². The molecule has 124 valence electrons. The van der Waals surface area contributed by atoms with Crippen molar-refractivity contribution in [3.05, 3.63) is 90.5 Å². The van der Waals surface area contributed by atoms with Crippen LogP contribution in [0.4, 0.5) is 11.4 Å². The molecule has 1 aliphatic heterocycles. The lowest BCUT2D eigenvalue weighted by Gasteiger charge is -2.28. The lowest BCUT2D eigenvalue weighted by Crippen LogP contribution is -2.48. The predicted molar refractivity (Wildman–Crippen MR) is 113 cm³/mol. The van der Waals surface area contributed by atoms with E-state index in [1.54, 1.807) is 0 Å². The summed E-state index contributed by atoms with van der Waals surface area (Å²) in [6, 6.07) is 30.1. The second kappa shape index (κ2) is 5.96. The Kier molecular flexibility index (Phi) is 3.46. The lowest BCUT2D eigenvalue weighted by atomic mass is 9.63. The molecule has 4 aromatic rings. The van der Waals surface area contributed by atoms with E-state index in [1.807, 2.05) is 0 Å². The van der Waals surface area contributed by atoms with E-state index in [0.717, 1.165) is 0 Å². The molecule has 0 bridgehead atoms. The van der Waals surface area contributed by atoms with Crippen LogP contribution >= 0.6 is 0 Å². The van der Waals surface area contributed by atoms with Crippen LogP contribution in [0.5, 0.6) is 0 Å². The first kappa shape index (κ1) is 15.1. The number of rotatable bonds is 2. The molecule has 26 heavy (non-hydrogen) atoms. The second-order valence-electron chi connectivity index (χ2n) is 6.83. The Hall–Kier alpha value is -3.20. The molecule has 0 spiro atoms. The van der Waals surface area contributed by atoms with Crippen molar-refractivity contribution < 1.29 is 0 Å². The summed E-state index contributed by atoms with van der Waals surface area (Å²) in [7, 11) is 0. The zero-order valence-electron chi connectivity index (χ0n) is 14.7. The van der Waals surface area contributed by atoms with Gasteiger partial charge in [-0.3, -0.25) is 0 Å². The highest BCUT2D eigenvalue weighted by atomic mass is 15.0. The van der Waals surface area contributed by atoms with E-state index in [0.29, 0.717) is 0 Å². The fourth-order valence-electron chi connectivity index (χ4n) is 3.95. The maximum Gasteiger partial charge on any atom is 0.406 e. The van der Waals surface area contributed by atoms with Crippen molar-refractivity contribution in [2.45, 2.75) is 6.92 Å². The molecular formula is C23H19BN2. The van der Waals surface area contributed by atoms with Gasteiger partial charge in [0, 0.05) is 16.8 Å². The monoisotopic (exact) mass is 334 g/mol. The van der Waals surface area contributed by atoms with Crippen LogP contribution in [0, 0.1) is 6.92 Å². The summed E-state index contributed by atoms with van der Waals surface area (Å²) in [6.45, 7) is 2.20. The molecule has 1 heterocycles. The van der Waals surface area contributed by atoms with Crippen LogP contribution in [0.15, 0.2) is 84.9 Å². The topological polar surface area (TPSA) is 24.1 Å². The van der Waals surface area contributed by atoms with Crippen molar-refractivity contribution in [3.63, 3.8) is 0 Å². The smallest absolute Gasteiger partial charge is 0.405 e. The SMILES string of the molecule is Cc1ccccc1-c1ccccc1B1Nc2cccc3cccc(c23)N1. The summed E-state index contributed by atoms with van der Waals surface area (Å²) in [6.07, 6.45) is 0. The number of hydrogen-bond acceptors (Lipinski definition) is 2. The van der Waals surface area contributed by atoms with Gasteiger partial charge >= 0.3 is 6.98 Å². The van der Waals surface area contributed by atoms with E-state index in [1.165, 1.54) is 44.3 Å². The Balaban J connectivity index is 1.64. The van der Waals surface area contributed by atoms with E-state index in [9.17, 15) is 0 Å². The quantitative estimate of drug-likeness (QED) is 0.501. The Labute approximate surface area is 154 Å². The van der Waals surface area contributed by atoms with Gasteiger partial charge in [0.15, 0.2) is 0 Å². The third-order valence-electron chi connectivity index (χ3n) is 5.21. The molecule has 0 amide bonds. The molecule has 0 fully saturated rings. The number of benzene rings is 4. The Bertz CT molecular complexity index is 1080. The minimum Gasteiger partial charge on any atom is -0.405 e. The molecule has 2 nitrogen and oxygen atoms in total. The van der Waals surface area contributed by atoms with Gasteiger partial charge in [0.25, 0.3) is 0 Å². The molecule has 5 rings (SSSR count). The zero-order chi connectivity index (χ0) is 17.5. The van der Waals surface area contributed by atoms with Crippen LogP contribution in [0.25, 0.3) is 21.9 Å². The van der Waals surface area contributed by atoms with Crippen molar-refractivity contribution in [1.29, 1.82) is 0 Å². The minimum atomic E-state index is 0.0336. The lowest BCUT2D eigenvalue weighted by molar-refractivity contribution is 1.46. The highest BCUT2D eigenvalue weighted by Crippen LogP contribution is 2.34. The van der Waals surface area contributed by atoms with Crippen LogP contribution in [-0.4, -0.2) is 6.98 Å². The fraction of sp³-hybridized carbons (Fsp3) is 0.0435. The Morgan fingerprint density at radius 2 is 1.23 bits per heavy atom. The van der Waals surface area contributed by atoms with Crippen LogP contribution in [0.2, 0.25) is 0 Å². The maximum absolute atomic E-state index is 3.70. The Morgan fingerprint density at radius 1 is 0.615 bits per heavy atom. The molecule has 0 radical (unpaired) electrons. The predicted octanol–water partition coefficient (Wildman–Crippen LogP) is 5.05. The summed E-state index contributed by atoms with van der Waals surface area (Å²) >= 11 is 0. The van der Waals surface area contributed by atoms with Gasteiger partial charge in [-0.15, -0.1) is 0 Å². The molecular weight excluding hydrogens is 315 g/mol. The second-order valence-corrected chi connectivity index (χ2v) is 6.83. The normalized spacial score (nSPS) is 12.6. The van der Waals surface area contributed by atoms with E-state index in [-0.39, 0.29) is 6.98 Å². The van der Waals surface area contributed by atoms with E-state index < -0.39 is 0 Å². The van der Waals surface area contributed by atoms with Gasteiger partial charge in [-0.25, -0.2) is 0 Å². The maximum atomic E-state index is 3.70. The van der Waals surface area contributed by atoms with Gasteiger partial charge in [0.2, 0.25) is 0 Å². The molecule has 0 aliphatic carbocycles. The molecule has 0 saturated carbocycles. The molecule has 3 heteroatoms. The average molecular weight is 334 g/mol. The molecule has 1 aliphatic rings. The first-order chi connectivity index (χ1) is 12.8. The highest BCUT2D eigenvalue weighted by Gasteiger charge is 2.27. The molecule has 0 saturated heterocycles. The van der Waals surface area contributed by atoms with Crippen LogP contribution in [0.3, 0.4) is 0 Å². The van der Waals surface area contributed by atoms with Crippen molar-refractivity contribution >= 4 is 34.6 Å². The summed E-state index contributed by atoms with van der Waals surface area (Å²) in [5.41, 5.74) is 7.46. The molecule has 0 atom stereocenters. The molecule has 0 unspecified atom stereocenters. The first-order valence-corrected chi connectivity index (χ1v) is 9.01. The third kappa shape index (κ3) is 2.36. The largest absolute Gasteiger partial charge is 0.406 e. The van der Waals surface area contributed by atoms with E-state index in [2.05, 4.69) is 102 Å². The van der Waals surface area contributed by atoms with Crippen molar-refractivity contribution in [3.8, 4) is 11.1 Å². The summed E-state index contributed by atoms with van der Waals surface area (Å²) in [4.78, 5) is 0. The molecule has 2 N–H and O–H groups in total. The van der Waals surface area contributed by atoms with Crippen molar-refractivity contribution in [2.24, 2.45) is 0 Å². The van der Waals surface area contributed by atoms with Crippen molar-refractivity contribution in [2.75, 3.05) is 10.5 Å². The summed E-state index contributed by atoms with van der Waals surface area (Å²) < 4.78 is 0. The van der Waals surface area contributed by atoms with Gasteiger partial charge < -0.3 is 10.5 Å². The van der Waals surface area contributed by atoms with Gasteiger partial charge in [-0.1, -0.05) is 72.8 Å². The first-order valence-electron chi connectivity index (χ1n) is 9.01. The van der Waals surface area contributed by atoms with Crippen molar-refractivity contribution in [1.82, 2.24) is 0 Å². The van der Waals surface area contributed by atoms with Gasteiger partial charge in [-0.2, -0.15) is 0 Å². The average Bonchev–Trinajstić information content (AvgIpc) is 2.69. The number of aryl methyl sites for hydroxylation is 1. The standard InChI is InChI=1S/C23H19BN2/c1-16-8-2-3-11-18(16)19-12-4-5-13-20(19)24-25-21-14-6-9-17-10-7-15-22(26-24)23(17)21/h2-15,25-26H,1H3. The number of hydrogen-bond donors (Lipinski definition) is 2. The summed E-state index contributed by atoms with van der Waals surface area (Å²) in [5.74, 6) is 0. The molecule has 4 aromatic carbocycles. The third-order valence-corrected chi connectivity index (χ3v) is 5.21. The minimum absolute atomic E-state index is 0.0336. The Morgan fingerprint density at radius 3 is 1.92 bits per heavy atom. The van der Waals surface area contributed by atoms with Gasteiger partial charge in [-0.05, 0) is 46.6 Å².